The van der Waals surface area contributed by atoms with Crippen LogP contribution in [0.3, 0.4) is 0 Å². The van der Waals surface area contributed by atoms with Gasteiger partial charge in [-0.05, 0) is 30.5 Å². The van der Waals surface area contributed by atoms with E-state index in [1.165, 1.54) is 11.1 Å². The third-order valence-corrected chi connectivity index (χ3v) is 2.61. The molecule has 0 unspecified atom stereocenters. The molecule has 13 heavy (non-hydrogen) atoms. The maximum absolute atomic E-state index is 10.9. The predicted octanol–water partition coefficient (Wildman–Crippen LogP) is 3.02. The first kappa shape index (κ1) is 10.5. The number of benzene rings is 1. The molecule has 1 aromatic carbocycles. The lowest BCUT2D eigenvalue weighted by molar-refractivity contribution is -0.116. The molecule has 0 saturated carbocycles. The Labute approximate surface area is 87.3 Å². The third kappa shape index (κ3) is 2.96. The van der Waals surface area contributed by atoms with Gasteiger partial charge in [0.1, 0.15) is 5.78 Å². The third-order valence-electron chi connectivity index (χ3n) is 2.01. The van der Waals surface area contributed by atoms with E-state index in [0.717, 1.165) is 10.9 Å². The average molecular weight is 241 g/mol. The van der Waals surface area contributed by atoms with Crippen molar-refractivity contribution < 1.29 is 4.79 Å². The fraction of sp³-hybridized carbons (Fsp3) is 0.364. The van der Waals surface area contributed by atoms with Crippen LogP contribution in [0.25, 0.3) is 0 Å². The Morgan fingerprint density at radius 1 is 1.46 bits per heavy atom. The summed E-state index contributed by atoms with van der Waals surface area (Å²) < 4.78 is 0. The van der Waals surface area contributed by atoms with E-state index in [9.17, 15) is 4.79 Å². The van der Waals surface area contributed by atoms with Gasteiger partial charge in [-0.2, -0.15) is 0 Å². The van der Waals surface area contributed by atoms with E-state index < -0.39 is 0 Å². The number of ketones is 1. The molecule has 0 aromatic heterocycles. The highest BCUT2D eigenvalue weighted by Crippen LogP contribution is 2.14. The molecule has 0 N–H and O–H groups in total. The molecular formula is C11H13BrO. The van der Waals surface area contributed by atoms with Crippen LogP contribution in [0.1, 0.15) is 23.6 Å². The molecule has 0 radical (unpaired) electrons. The fourth-order valence-corrected chi connectivity index (χ4v) is 1.87. The van der Waals surface area contributed by atoms with E-state index in [2.05, 4.69) is 35.0 Å². The lowest BCUT2D eigenvalue weighted by Gasteiger charge is -2.04. The zero-order valence-corrected chi connectivity index (χ0v) is 9.52. The van der Waals surface area contributed by atoms with Crippen molar-refractivity contribution in [3.8, 4) is 0 Å². The first-order chi connectivity index (χ1) is 6.13. The molecule has 1 nitrogen and oxygen atoms in total. The molecule has 0 atom stereocenters. The molecule has 0 spiro atoms. The number of aryl methyl sites for hydroxylation is 1. The fourth-order valence-electron chi connectivity index (χ4n) is 1.27. The number of carbonyl (C=O) groups is 1. The van der Waals surface area contributed by atoms with Crippen LogP contribution in [-0.2, 0) is 16.5 Å². The summed E-state index contributed by atoms with van der Waals surface area (Å²) in [6.07, 6.45) is 0.542. The van der Waals surface area contributed by atoms with Crippen molar-refractivity contribution in [2.45, 2.75) is 25.6 Å². The minimum atomic E-state index is 0.212. The van der Waals surface area contributed by atoms with Gasteiger partial charge in [0.05, 0.1) is 0 Å². The maximum Gasteiger partial charge on any atom is 0.134 e. The summed E-state index contributed by atoms with van der Waals surface area (Å²) in [6.45, 7) is 3.70. The molecule has 0 amide bonds. The van der Waals surface area contributed by atoms with E-state index in [-0.39, 0.29) is 5.78 Å². The number of rotatable bonds is 3. The number of Topliss-reactive ketones (excluding diaryl/α,β-unsaturated/α-hetero) is 1. The van der Waals surface area contributed by atoms with Crippen LogP contribution in [0.5, 0.6) is 0 Å². The first-order valence-electron chi connectivity index (χ1n) is 4.27. The Balaban J connectivity index is 2.92. The molecule has 0 saturated heterocycles. The molecule has 0 aliphatic carbocycles. The van der Waals surface area contributed by atoms with Gasteiger partial charge >= 0.3 is 0 Å². The van der Waals surface area contributed by atoms with Crippen LogP contribution in [0, 0.1) is 6.92 Å². The highest BCUT2D eigenvalue weighted by Gasteiger charge is 2.01. The summed E-state index contributed by atoms with van der Waals surface area (Å²) in [5.74, 6) is 0.212. The van der Waals surface area contributed by atoms with Gasteiger partial charge in [0, 0.05) is 11.8 Å². The number of carbonyl (C=O) groups excluding carboxylic acids is 1. The minimum absolute atomic E-state index is 0.212. The van der Waals surface area contributed by atoms with E-state index >= 15 is 0 Å². The van der Waals surface area contributed by atoms with Gasteiger partial charge < -0.3 is 0 Å². The van der Waals surface area contributed by atoms with Gasteiger partial charge in [-0.1, -0.05) is 34.1 Å². The molecule has 0 aliphatic rings. The van der Waals surface area contributed by atoms with Crippen LogP contribution in [0.2, 0.25) is 0 Å². The Morgan fingerprint density at radius 2 is 2.15 bits per heavy atom. The van der Waals surface area contributed by atoms with Crippen molar-refractivity contribution in [3.63, 3.8) is 0 Å². The summed E-state index contributed by atoms with van der Waals surface area (Å²) in [6, 6.07) is 6.17. The zero-order chi connectivity index (χ0) is 9.84. The summed E-state index contributed by atoms with van der Waals surface area (Å²) >= 11 is 3.42. The normalized spacial score (nSPS) is 10.1. The molecular weight excluding hydrogens is 228 g/mol. The standard InChI is InChI=1S/C11H13BrO/c1-8-3-4-10(5-9(2)13)6-11(8)7-12/h3-4,6H,5,7H2,1-2H3. The lowest BCUT2D eigenvalue weighted by Crippen LogP contribution is -1.97. The van der Waals surface area contributed by atoms with Crippen LogP contribution in [-0.4, -0.2) is 5.78 Å². The SMILES string of the molecule is CC(=O)Cc1ccc(C)c(CBr)c1. The second kappa shape index (κ2) is 4.56. The molecule has 0 fully saturated rings. The van der Waals surface area contributed by atoms with Crippen molar-refractivity contribution >= 4 is 21.7 Å². The monoisotopic (exact) mass is 240 g/mol. The van der Waals surface area contributed by atoms with E-state index in [1.54, 1.807) is 6.92 Å². The van der Waals surface area contributed by atoms with Crippen LogP contribution < -0.4 is 0 Å². The predicted molar refractivity (Wildman–Crippen MR) is 58.2 cm³/mol. The van der Waals surface area contributed by atoms with Crippen molar-refractivity contribution in [2.75, 3.05) is 0 Å². The molecule has 1 aromatic rings. The molecule has 0 aliphatic heterocycles. The van der Waals surface area contributed by atoms with Gasteiger partial charge in [0.15, 0.2) is 0 Å². The Bertz CT molecular complexity index is 318. The van der Waals surface area contributed by atoms with Crippen molar-refractivity contribution in [1.82, 2.24) is 0 Å². The second-order valence-electron chi connectivity index (χ2n) is 3.27. The van der Waals surface area contributed by atoms with Gasteiger partial charge in [0.2, 0.25) is 0 Å². The van der Waals surface area contributed by atoms with Crippen molar-refractivity contribution in [3.05, 3.63) is 34.9 Å². The van der Waals surface area contributed by atoms with Crippen LogP contribution >= 0.6 is 15.9 Å². The number of hydrogen-bond acceptors (Lipinski definition) is 1. The first-order valence-corrected chi connectivity index (χ1v) is 5.39. The summed E-state index contributed by atoms with van der Waals surface area (Å²) in [4.78, 5) is 10.9. The van der Waals surface area contributed by atoms with Gasteiger partial charge in [-0.3, -0.25) is 4.79 Å². The molecule has 2 heteroatoms. The quantitative estimate of drug-likeness (QED) is 0.743. The molecule has 0 bridgehead atoms. The summed E-state index contributed by atoms with van der Waals surface area (Å²) in [5.41, 5.74) is 3.63. The van der Waals surface area contributed by atoms with E-state index in [1.807, 2.05) is 6.07 Å². The Kier molecular flexibility index (Phi) is 3.67. The zero-order valence-electron chi connectivity index (χ0n) is 7.93. The molecule has 0 heterocycles. The lowest BCUT2D eigenvalue weighted by atomic mass is 10.0. The van der Waals surface area contributed by atoms with Crippen molar-refractivity contribution in [1.29, 1.82) is 0 Å². The molecule has 1 rings (SSSR count). The minimum Gasteiger partial charge on any atom is -0.300 e. The second-order valence-corrected chi connectivity index (χ2v) is 3.83. The number of hydrogen-bond donors (Lipinski definition) is 0. The molecule has 70 valence electrons. The highest BCUT2D eigenvalue weighted by molar-refractivity contribution is 9.08. The smallest absolute Gasteiger partial charge is 0.134 e. The Morgan fingerprint density at radius 3 is 2.69 bits per heavy atom. The average Bonchev–Trinajstić information content (AvgIpc) is 2.07. The number of alkyl halides is 1. The van der Waals surface area contributed by atoms with Crippen LogP contribution in [0.15, 0.2) is 18.2 Å². The van der Waals surface area contributed by atoms with E-state index in [0.29, 0.717) is 6.42 Å². The Hall–Kier alpha value is -0.630. The summed E-state index contributed by atoms with van der Waals surface area (Å²) in [5, 5.41) is 0.852. The van der Waals surface area contributed by atoms with Crippen LogP contribution in [0.4, 0.5) is 0 Å². The van der Waals surface area contributed by atoms with E-state index in [4.69, 9.17) is 0 Å². The topological polar surface area (TPSA) is 17.1 Å². The van der Waals surface area contributed by atoms with Gasteiger partial charge in [0.25, 0.3) is 0 Å². The number of halogens is 1. The van der Waals surface area contributed by atoms with Gasteiger partial charge in [-0.25, -0.2) is 0 Å². The van der Waals surface area contributed by atoms with Gasteiger partial charge in [-0.15, -0.1) is 0 Å². The highest BCUT2D eigenvalue weighted by atomic mass is 79.9. The largest absolute Gasteiger partial charge is 0.300 e. The summed E-state index contributed by atoms with van der Waals surface area (Å²) in [7, 11) is 0. The van der Waals surface area contributed by atoms with Crippen molar-refractivity contribution in [2.24, 2.45) is 0 Å². The maximum atomic E-state index is 10.9.